The number of ether oxygens (including phenoxy) is 1. The summed E-state index contributed by atoms with van der Waals surface area (Å²) in [5.41, 5.74) is 3.75. The topological polar surface area (TPSA) is 21.3 Å². The number of nitrogens with one attached hydrogen (secondary N) is 1. The summed E-state index contributed by atoms with van der Waals surface area (Å²) in [6.45, 7) is 0.760. The first kappa shape index (κ1) is 11.1. The molecule has 0 saturated heterocycles. The Morgan fingerprint density at radius 1 is 0.947 bits per heavy atom. The van der Waals surface area contributed by atoms with E-state index >= 15 is 0 Å². The number of para-hydroxylation sites is 1. The molecule has 1 N–H and O–H groups in total. The van der Waals surface area contributed by atoms with Crippen molar-refractivity contribution in [2.45, 2.75) is 24.9 Å². The predicted molar refractivity (Wildman–Crippen MR) is 76.3 cm³/mol. The van der Waals surface area contributed by atoms with Crippen LogP contribution in [0.3, 0.4) is 0 Å². The normalized spacial score (nSPS) is 20.9. The minimum Gasteiger partial charge on any atom is -0.491 e. The van der Waals surface area contributed by atoms with Crippen LogP contribution in [0, 0.1) is 0 Å². The van der Waals surface area contributed by atoms with Crippen molar-refractivity contribution < 1.29 is 4.74 Å². The summed E-state index contributed by atoms with van der Waals surface area (Å²) < 4.78 is 5.96. The standard InChI is InChI=1S/C17H17NO/c1-2-5-12(6-3-1)14-7-4-8-15-16(11-19-17(14)15)18-13-9-10-13/h1-8,13,16,18H,9-11H2. The monoisotopic (exact) mass is 251 g/mol. The molecule has 0 bridgehead atoms. The van der Waals surface area contributed by atoms with Crippen molar-refractivity contribution in [2.75, 3.05) is 6.61 Å². The van der Waals surface area contributed by atoms with Gasteiger partial charge in [0.05, 0.1) is 6.04 Å². The highest BCUT2D eigenvalue weighted by atomic mass is 16.5. The van der Waals surface area contributed by atoms with E-state index in [0.717, 1.165) is 12.4 Å². The molecule has 1 aliphatic carbocycles. The van der Waals surface area contributed by atoms with Crippen molar-refractivity contribution in [3.63, 3.8) is 0 Å². The summed E-state index contributed by atoms with van der Waals surface area (Å²) in [7, 11) is 0. The van der Waals surface area contributed by atoms with Crippen molar-refractivity contribution in [3.8, 4) is 16.9 Å². The quantitative estimate of drug-likeness (QED) is 0.901. The molecule has 2 heteroatoms. The Morgan fingerprint density at radius 3 is 2.58 bits per heavy atom. The van der Waals surface area contributed by atoms with Crippen molar-refractivity contribution in [3.05, 3.63) is 54.1 Å². The van der Waals surface area contributed by atoms with Gasteiger partial charge < -0.3 is 10.1 Å². The molecular formula is C17H17NO. The minimum atomic E-state index is 0.367. The van der Waals surface area contributed by atoms with Crippen LogP contribution in [0.25, 0.3) is 11.1 Å². The molecule has 2 nitrogen and oxygen atoms in total. The first-order valence-corrected chi connectivity index (χ1v) is 6.99. The lowest BCUT2D eigenvalue weighted by Crippen LogP contribution is -2.24. The molecule has 0 aromatic heterocycles. The van der Waals surface area contributed by atoms with Gasteiger partial charge in [0.15, 0.2) is 0 Å². The van der Waals surface area contributed by atoms with Gasteiger partial charge >= 0.3 is 0 Å². The van der Waals surface area contributed by atoms with E-state index in [1.165, 1.54) is 29.5 Å². The maximum Gasteiger partial charge on any atom is 0.132 e. The van der Waals surface area contributed by atoms with Crippen LogP contribution in [-0.2, 0) is 0 Å². The van der Waals surface area contributed by atoms with E-state index in [0.29, 0.717) is 12.1 Å². The van der Waals surface area contributed by atoms with Gasteiger partial charge in [-0.25, -0.2) is 0 Å². The van der Waals surface area contributed by atoms with E-state index in [1.54, 1.807) is 0 Å². The number of hydrogen-bond acceptors (Lipinski definition) is 2. The molecule has 0 spiro atoms. The van der Waals surface area contributed by atoms with Crippen molar-refractivity contribution in [1.82, 2.24) is 5.32 Å². The van der Waals surface area contributed by atoms with E-state index in [2.05, 4.69) is 47.8 Å². The van der Waals surface area contributed by atoms with Crippen LogP contribution in [0.4, 0.5) is 0 Å². The number of fused-ring (bicyclic) bond motifs is 1. The van der Waals surface area contributed by atoms with Crippen molar-refractivity contribution in [1.29, 1.82) is 0 Å². The van der Waals surface area contributed by atoms with Crippen LogP contribution in [-0.4, -0.2) is 12.6 Å². The van der Waals surface area contributed by atoms with Gasteiger partial charge in [0.1, 0.15) is 12.4 Å². The maximum atomic E-state index is 5.96. The zero-order chi connectivity index (χ0) is 12.7. The molecule has 1 heterocycles. The lowest BCUT2D eigenvalue weighted by atomic mass is 9.99. The molecule has 2 aromatic rings. The molecule has 0 amide bonds. The fraction of sp³-hybridized carbons (Fsp3) is 0.294. The molecular weight excluding hydrogens is 234 g/mol. The fourth-order valence-corrected chi connectivity index (χ4v) is 2.76. The van der Waals surface area contributed by atoms with E-state index < -0.39 is 0 Å². The number of benzene rings is 2. The van der Waals surface area contributed by atoms with Gasteiger partial charge in [-0.2, -0.15) is 0 Å². The molecule has 1 saturated carbocycles. The van der Waals surface area contributed by atoms with Crippen LogP contribution < -0.4 is 10.1 Å². The number of hydrogen-bond donors (Lipinski definition) is 1. The zero-order valence-corrected chi connectivity index (χ0v) is 10.8. The first-order chi connectivity index (χ1) is 9.42. The Balaban J connectivity index is 1.73. The lowest BCUT2D eigenvalue weighted by Gasteiger charge is -2.11. The van der Waals surface area contributed by atoms with Gasteiger partial charge in [0.2, 0.25) is 0 Å². The van der Waals surface area contributed by atoms with E-state index in [9.17, 15) is 0 Å². The Labute approximate surface area is 113 Å². The maximum absolute atomic E-state index is 5.96. The third kappa shape index (κ3) is 2.02. The van der Waals surface area contributed by atoms with Crippen LogP contribution in [0.1, 0.15) is 24.4 Å². The van der Waals surface area contributed by atoms with Crippen LogP contribution in [0.5, 0.6) is 5.75 Å². The molecule has 2 aromatic carbocycles. The zero-order valence-electron chi connectivity index (χ0n) is 10.8. The van der Waals surface area contributed by atoms with E-state index in [-0.39, 0.29) is 0 Å². The summed E-state index contributed by atoms with van der Waals surface area (Å²) >= 11 is 0. The highest BCUT2D eigenvalue weighted by Gasteiger charge is 2.31. The summed E-state index contributed by atoms with van der Waals surface area (Å²) in [5.74, 6) is 1.06. The molecule has 4 rings (SSSR count). The molecule has 1 atom stereocenters. The van der Waals surface area contributed by atoms with Crippen molar-refractivity contribution >= 4 is 0 Å². The van der Waals surface area contributed by atoms with Gasteiger partial charge in [-0.3, -0.25) is 0 Å². The lowest BCUT2D eigenvalue weighted by molar-refractivity contribution is 0.311. The highest BCUT2D eigenvalue weighted by Crippen LogP contribution is 2.41. The van der Waals surface area contributed by atoms with Gasteiger partial charge in [0.25, 0.3) is 0 Å². The Bertz CT molecular complexity index is 589. The first-order valence-electron chi connectivity index (χ1n) is 6.99. The van der Waals surface area contributed by atoms with Gasteiger partial charge in [-0.15, -0.1) is 0 Å². The number of rotatable bonds is 3. The third-order valence-electron chi connectivity index (χ3n) is 3.91. The van der Waals surface area contributed by atoms with Gasteiger partial charge in [-0.1, -0.05) is 48.5 Å². The van der Waals surface area contributed by atoms with E-state index in [1.807, 2.05) is 6.07 Å². The van der Waals surface area contributed by atoms with Gasteiger partial charge in [-0.05, 0) is 18.4 Å². The van der Waals surface area contributed by atoms with Crippen LogP contribution >= 0.6 is 0 Å². The second-order valence-corrected chi connectivity index (χ2v) is 5.39. The molecule has 0 radical (unpaired) electrons. The molecule has 1 unspecified atom stereocenters. The molecule has 2 aliphatic rings. The largest absolute Gasteiger partial charge is 0.491 e. The molecule has 96 valence electrons. The summed E-state index contributed by atoms with van der Waals surface area (Å²) in [6, 6.07) is 18.0. The Morgan fingerprint density at radius 2 is 1.79 bits per heavy atom. The Hall–Kier alpha value is -1.80. The van der Waals surface area contributed by atoms with Gasteiger partial charge in [0, 0.05) is 17.2 Å². The summed E-state index contributed by atoms with van der Waals surface area (Å²) in [6.07, 6.45) is 2.62. The third-order valence-corrected chi connectivity index (χ3v) is 3.91. The average Bonchev–Trinajstić information content (AvgIpc) is 3.19. The second-order valence-electron chi connectivity index (χ2n) is 5.39. The van der Waals surface area contributed by atoms with Crippen molar-refractivity contribution in [2.24, 2.45) is 0 Å². The minimum absolute atomic E-state index is 0.367. The second kappa shape index (κ2) is 4.39. The fourth-order valence-electron chi connectivity index (χ4n) is 2.76. The summed E-state index contributed by atoms with van der Waals surface area (Å²) in [5, 5.41) is 3.66. The molecule has 19 heavy (non-hydrogen) atoms. The SMILES string of the molecule is c1ccc(-c2cccc3c2OCC3NC2CC2)cc1. The highest BCUT2D eigenvalue weighted by molar-refractivity contribution is 5.73. The average molecular weight is 251 g/mol. The van der Waals surface area contributed by atoms with Crippen LogP contribution in [0.2, 0.25) is 0 Å². The van der Waals surface area contributed by atoms with Crippen LogP contribution in [0.15, 0.2) is 48.5 Å². The summed E-state index contributed by atoms with van der Waals surface area (Å²) in [4.78, 5) is 0. The smallest absolute Gasteiger partial charge is 0.132 e. The predicted octanol–water partition coefficient (Wildman–Crippen LogP) is 3.54. The molecule has 1 fully saturated rings. The molecule has 1 aliphatic heterocycles. The Kier molecular flexibility index (Phi) is 2.56. The van der Waals surface area contributed by atoms with E-state index in [4.69, 9.17) is 4.74 Å².